The SMILES string of the molecule is CCC[C@H]1C(=O)N(S(C)(=O)=O)[C@H]2CCN(C(=O)C3CCCN3C)[C@H]12. The first-order valence-corrected chi connectivity index (χ1v) is 10.7. The molecular formula is C16H27N3O4S. The molecule has 0 aromatic carbocycles. The maximum atomic E-state index is 13.0. The van der Waals surface area contributed by atoms with Gasteiger partial charge in [0, 0.05) is 6.54 Å². The lowest BCUT2D eigenvalue weighted by atomic mass is 9.94. The molecule has 3 saturated heterocycles. The van der Waals surface area contributed by atoms with Crippen molar-refractivity contribution in [3.63, 3.8) is 0 Å². The molecule has 0 radical (unpaired) electrons. The summed E-state index contributed by atoms with van der Waals surface area (Å²) < 4.78 is 25.3. The monoisotopic (exact) mass is 357 g/mol. The van der Waals surface area contributed by atoms with E-state index in [0.717, 1.165) is 36.4 Å². The van der Waals surface area contributed by atoms with Gasteiger partial charge in [0.05, 0.1) is 30.3 Å². The summed E-state index contributed by atoms with van der Waals surface area (Å²) in [6.45, 7) is 3.43. The molecule has 1 unspecified atom stereocenters. The van der Waals surface area contributed by atoms with Crippen LogP contribution in [0.2, 0.25) is 0 Å². The van der Waals surface area contributed by atoms with Crippen molar-refractivity contribution in [1.82, 2.24) is 14.1 Å². The Morgan fingerprint density at radius 3 is 2.50 bits per heavy atom. The zero-order chi connectivity index (χ0) is 17.6. The molecular weight excluding hydrogens is 330 g/mol. The number of likely N-dealkylation sites (N-methyl/N-ethyl adjacent to an activating group) is 1. The third kappa shape index (κ3) is 2.73. The molecule has 3 aliphatic heterocycles. The second kappa shape index (κ2) is 6.29. The Bertz CT molecular complexity index is 635. The fourth-order valence-corrected chi connectivity index (χ4v) is 5.88. The average Bonchev–Trinajstić information content (AvgIpc) is 3.14. The van der Waals surface area contributed by atoms with E-state index in [9.17, 15) is 18.0 Å². The van der Waals surface area contributed by atoms with Crippen molar-refractivity contribution in [2.75, 3.05) is 26.4 Å². The van der Waals surface area contributed by atoms with Crippen molar-refractivity contribution in [2.24, 2.45) is 5.92 Å². The van der Waals surface area contributed by atoms with Gasteiger partial charge >= 0.3 is 0 Å². The third-order valence-corrected chi connectivity index (χ3v) is 6.88. The summed E-state index contributed by atoms with van der Waals surface area (Å²) in [6.07, 6.45) is 4.89. The summed E-state index contributed by atoms with van der Waals surface area (Å²) in [5.41, 5.74) is 0. The van der Waals surface area contributed by atoms with Gasteiger partial charge in [0.2, 0.25) is 21.8 Å². The Morgan fingerprint density at radius 2 is 1.96 bits per heavy atom. The van der Waals surface area contributed by atoms with Gasteiger partial charge in [0.15, 0.2) is 0 Å². The largest absolute Gasteiger partial charge is 0.335 e. The molecule has 7 nitrogen and oxygen atoms in total. The highest BCUT2D eigenvalue weighted by Gasteiger charge is 2.57. The van der Waals surface area contributed by atoms with Crippen LogP contribution in [-0.2, 0) is 19.6 Å². The molecule has 3 aliphatic rings. The molecule has 3 heterocycles. The van der Waals surface area contributed by atoms with Crippen LogP contribution >= 0.6 is 0 Å². The van der Waals surface area contributed by atoms with Crippen LogP contribution in [0.3, 0.4) is 0 Å². The fraction of sp³-hybridized carbons (Fsp3) is 0.875. The first kappa shape index (κ1) is 17.7. The van der Waals surface area contributed by atoms with Crippen LogP contribution in [0.4, 0.5) is 0 Å². The summed E-state index contributed by atoms with van der Waals surface area (Å²) in [6, 6.07) is -0.818. The minimum atomic E-state index is -3.60. The average molecular weight is 357 g/mol. The van der Waals surface area contributed by atoms with E-state index in [1.54, 1.807) is 4.90 Å². The molecule has 0 aliphatic carbocycles. The van der Waals surface area contributed by atoms with Gasteiger partial charge in [-0.2, -0.15) is 0 Å². The van der Waals surface area contributed by atoms with Crippen LogP contribution in [-0.4, -0.2) is 78.9 Å². The standard InChI is InChI=1S/C16H27N3O4S/c1-4-6-11-14-12(19(15(11)20)24(3,22)23)8-10-18(14)16(21)13-7-5-9-17(13)2/h11-14H,4-10H2,1-3H3/t11-,12+,13?,14-/m1/s1. The molecule has 3 rings (SSSR count). The van der Waals surface area contributed by atoms with Gasteiger partial charge in [-0.15, -0.1) is 0 Å². The Balaban J connectivity index is 1.90. The summed E-state index contributed by atoms with van der Waals surface area (Å²) in [5.74, 6) is -0.661. The third-order valence-electron chi connectivity index (χ3n) is 5.71. The first-order chi connectivity index (χ1) is 11.3. The smallest absolute Gasteiger partial charge is 0.241 e. The van der Waals surface area contributed by atoms with E-state index >= 15 is 0 Å². The second-order valence-electron chi connectivity index (χ2n) is 7.31. The molecule has 8 heteroatoms. The maximum absolute atomic E-state index is 13.0. The maximum Gasteiger partial charge on any atom is 0.241 e. The van der Waals surface area contributed by atoms with Gasteiger partial charge in [-0.1, -0.05) is 13.3 Å². The van der Waals surface area contributed by atoms with Gasteiger partial charge in [-0.3, -0.25) is 14.5 Å². The molecule has 0 N–H and O–H groups in total. The topological polar surface area (TPSA) is 78.0 Å². The Morgan fingerprint density at radius 1 is 1.25 bits per heavy atom. The predicted octanol–water partition coefficient (Wildman–Crippen LogP) is 0.268. The number of amides is 2. The molecule has 136 valence electrons. The lowest BCUT2D eigenvalue weighted by molar-refractivity contribution is -0.137. The normalized spacial score (nSPS) is 34.2. The highest BCUT2D eigenvalue weighted by atomic mass is 32.2. The van der Waals surface area contributed by atoms with Crippen molar-refractivity contribution in [1.29, 1.82) is 0 Å². The number of likely N-dealkylation sites (tertiary alicyclic amines) is 2. The number of carbonyl (C=O) groups excluding carboxylic acids is 2. The number of hydrogen-bond acceptors (Lipinski definition) is 5. The summed E-state index contributed by atoms with van der Waals surface area (Å²) >= 11 is 0. The molecule has 0 saturated carbocycles. The van der Waals surface area contributed by atoms with Crippen LogP contribution < -0.4 is 0 Å². The lowest BCUT2D eigenvalue weighted by Gasteiger charge is -2.31. The van der Waals surface area contributed by atoms with Crippen LogP contribution in [0.5, 0.6) is 0 Å². The van der Waals surface area contributed by atoms with Gasteiger partial charge < -0.3 is 4.90 Å². The van der Waals surface area contributed by atoms with E-state index in [0.29, 0.717) is 19.4 Å². The minimum absolute atomic E-state index is 0.0618. The zero-order valence-corrected chi connectivity index (χ0v) is 15.5. The number of nitrogens with zero attached hydrogens (tertiary/aromatic N) is 3. The van der Waals surface area contributed by atoms with Gasteiger partial charge in [-0.05, 0) is 39.3 Å². The Kier molecular flexibility index (Phi) is 4.63. The van der Waals surface area contributed by atoms with E-state index in [1.807, 2.05) is 14.0 Å². The van der Waals surface area contributed by atoms with E-state index in [4.69, 9.17) is 0 Å². The van der Waals surface area contributed by atoms with Gasteiger partial charge in [-0.25, -0.2) is 12.7 Å². The molecule has 4 atom stereocenters. The molecule has 0 bridgehead atoms. The highest BCUT2D eigenvalue weighted by molar-refractivity contribution is 7.88. The Hall–Kier alpha value is -1.15. The number of hydrogen-bond donors (Lipinski definition) is 0. The van der Waals surface area contributed by atoms with Crippen molar-refractivity contribution < 1.29 is 18.0 Å². The molecule has 24 heavy (non-hydrogen) atoms. The van der Waals surface area contributed by atoms with E-state index in [1.165, 1.54) is 0 Å². The van der Waals surface area contributed by atoms with Crippen molar-refractivity contribution in [2.45, 2.75) is 57.2 Å². The number of rotatable bonds is 4. The molecule has 2 amide bonds. The van der Waals surface area contributed by atoms with Crippen LogP contribution in [0, 0.1) is 5.92 Å². The summed E-state index contributed by atoms with van der Waals surface area (Å²) in [7, 11) is -1.65. The molecule has 0 aromatic rings. The predicted molar refractivity (Wildman–Crippen MR) is 89.6 cm³/mol. The second-order valence-corrected chi connectivity index (χ2v) is 9.17. The number of carbonyl (C=O) groups is 2. The lowest BCUT2D eigenvalue weighted by Crippen LogP contribution is -2.49. The minimum Gasteiger partial charge on any atom is -0.335 e. The fourth-order valence-electron chi connectivity index (χ4n) is 4.70. The molecule has 0 aromatic heterocycles. The van der Waals surface area contributed by atoms with Crippen LogP contribution in [0.1, 0.15) is 39.0 Å². The first-order valence-electron chi connectivity index (χ1n) is 8.81. The quantitative estimate of drug-likeness (QED) is 0.722. The summed E-state index contributed by atoms with van der Waals surface area (Å²) in [4.78, 5) is 29.6. The van der Waals surface area contributed by atoms with Crippen molar-refractivity contribution in [3.8, 4) is 0 Å². The van der Waals surface area contributed by atoms with Crippen molar-refractivity contribution >= 4 is 21.8 Å². The molecule has 0 spiro atoms. The van der Waals surface area contributed by atoms with Crippen molar-refractivity contribution in [3.05, 3.63) is 0 Å². The van der Waals surface area contributed by atoms with Crippen LogP contribution in [0.25, 0.3) is 0 Å². The highest BCUT2D eigenvalue weighted by Crippen LogP contribution is 2.40. The Labute approximate surface area is 144 Å². The van der Waals surface area contributed by atoms with Gasteiger partial charge in [0.25, 0.3) is 0 Å². The van der Waals surface area contributed by atoms with Crippen LogP contribution in [0.15, 0.2) is 0 Å². The zero-order valence-electron chi connectivity index (χ0n) is 14.6. The number of sulfonamides is 1. The number of fused-ring (bicyclic) bond motifs is 1. The van der Waals surface area contributed by atoms with Gasteiger partial charge in [0.1, 0.15) is 0 Å². The van der Waals surface area contributed by atoms with E-state index < -0.39 is 15.9 Å². The molecule has 3 fully saturated rings. The van der Waals surface area contributed by atoms with E-state index in [2.05, 4.69) is 4.90 Å². The van der Waals surface area contributed by atoms with E-state index in [-0.39, 0.29) is 29.9 Å². The summed E-state index contributed by atoms with van der Waals surface area (Å²) in [5, 5.41) is 0.